The summed E-state index contributed by atoms with van der Waals surface area (Å²) in [5.41, 5.74) is 7.42. The summed E-state index contributed by atoms with van der Waals surface area (Å²) in [4.78, 5) is 22.9. The van der Waals surface area contributed by atoms with E-state index in [1.54, 1.807) is 7.11 Å². The van der Waals surface area contributed by atoms with Gasteiger partial charge in [-0.3, -0.25) is 9.78 Å². The Morgan fingerprint density at radius 1 is 1.32 bits per heavy atom. The predicted molar refractivity (Wildman–Crippen MR) is 83.4 cm³/mol. The number of pyridine rings is 1. The second-order valence-electron chi connectivity index (χ2n) is 4.27. The van der Waals surface area contributed by atoms with Crippen LogP contribution >= 0.6 is 11.6 Å². The summed E-state index contributed by atoms with van der Waals surface area (Å²) < 4.78 is 5.04. The molecule has 0 aromatic carbocycles. The lowest BCUT2D eigenvalue weighted by Gasteiger charge is -2.12. The van der Waals surface area contributed by atoms with Crippen molar-refractivity contribution in [3.63, 3.8) is 0 Å². The van der Waals surface area contributed by atoms with Crippen LogP contribution in [0.15, 0.2) is 18.2 Å². The zero-order valence-electron chi connectivity index (χ0n) is 11.8. The number of aromatic nitrogens is 3. The van der Waals surface area contributed by atoms with Crippen molar-refractivity contribution in [1.29, 1.82) is 0 Å². The quantitative estimate of drug-likeness (QED) is 0.521. The van der Waals surface area contributed by atoms with Gasteiger partial charge in [-0.15, -0.1) is 0 Å². The smallest absolute Gasteiger partial charge is 0.223 e. The number of nitrogens with one attached hydrogen (secondary N) is 2. The molecule has 0 spiro atoms. The summed E-state index contributed by atoms with van der Waals surface area (Å²) in [6.45, 7) is 0.802. The third-order valence-electron chi connectivity index (χ3n) is 2.68. The predicted octanol–water partition coefficient (Wildman–Crippen LogP) is 1.43. The van der Waals surface area contributed by atoms with Crippen molar-refractivity contribution in [1.82, 2.24) is 15.0 Å². The standard InChI is InChI=1S/C13H15ClN6O2/c1-22-6-9-4-2-3-8(18-9)5-16-12-10(17-7-21)11(14)19-13(15)20-12/h2-4,7H,5-6H2,1H3,(H,17,21)(H3,15,16,19,20). The molecule has 22 heavy (non-hydrogen) atoms. The van der Waals surface area contributed by atoms with Crippen LogP contribution in [0.3, 0.4) is 0 Å². The second kappa shape index (κ2) is 7.53. The SMILES string of the molecule is COCc1cccc(CNc2nc(N)nc(Cl)c2NC=O)n1. The van der Waals surface area contributed by atoms with Crippen LogP contribution in [0.4, 0.5) is 17.5 Å². The molecule has 2 aromatic rings. The molecule has 0 bridgehead atoms. The van der Waals surface area contributed by atoms with E-state index in [4.69, 9.17) is 22.1 Å². The number of nitrogens with two attached hydrogens (primary N) is 1. The van der Waals surface area contributed by atoms with Crippen molar-refractivity contribution in [2.45, 2.75) is 13.2 Å². The van der Waals surface area contributed by atoms with E-state index < -0.39 is 0 Å². The van der Waals surface area contributed by atoms with E-state index >= 15 is 0 Å². The summed E-state index contributed by atoms with van der Waals surface area (Å²) in [7, 11) is 1.61. The first-order valence-electron chi connectivity index (χ1n) is 6.35. The lowest BCUT2D eigenvalue weighted by molar-refractivity contribution is -0.105. The molecule has 2 rings (SSSR count). The van der Waals surface area contributed by atoms with E-state index in [2.05, 4.69) is 25.6 Å². The summed E-state index contributed by atoms with van der Waals surface area (Å²) in [5, 5.41) is 5.53. The van der Waals surface area contributed by atoms with Gasteiger partial charge >= 0.3 is 0 Å². The molecular weight excluding hydrogens is 308 g/mol. The van der Waals surface area contributed by atoms with E-state index in [1.807, 2.05) is 18.2 Å². The largest absolute Gasteiger partial charge is 0.378 e. The highest BCUT2D eigenvalue weighted by molar-refractivity contribution is 6.33. The van der Waals surface area contributed by atoms with Crippen LogP contribution in [0, 0.1) is 0 Å². The number of carbonyl (C=O) groups is 1. The first kappa shape index (κ1) is 15.9. The molecule has 0 aliphatic carbocycles. The van der Waals surface area contributed by atoms with Gasteiger partial charge in [0.05, 0.1) is 24.5 Å². The molecule has 0 saturated carbocycles. The van der Waals surface area contributed by atoms with Crippen LogP contribution in [-0.4, -0.2) is 28.5 Å². The molecule has 0 saturated heterocycles. The van der Waals surface area contributed by atoms with Crippen LogP contribution in [0.25, 0.3) is 0 Å². The molecule has 116 valence electrons. The lowest BCUT2D eigenvalue weighted by Crippen LogP contribution is -2.10. The molecule has 8 nitrogen and oxygen atoms in total. The molecule has 0 aliphatic heterocycles. The number of methoxy groups -OCH3 is 1. The molecule has 0 fully saturated rings. The van der Waals surface area contributed by atoms with Crippen LogP contribution in [-0.2, 0) is 22.7 Å². The number of amides is 1. The number of nitrogen functional groups attached to an aromatic ring is 1. The minimum Gasteiger partial charge on any atom is -0.378 e. The molecule has 0 atom stereocenters. The zero-order chi connectivity index (χ0) is 15.9. The van der Waals surface area contributed by atoms with Gasteiger partial charge in [0.25, 0.3) is 0 Å². The Morgan fingerprint density at radius 3 is 2.82 bits per heavy atom. The van der Waals surface area contributed by atoms with Crippen molar-refractivity contribution >= 4 is 35.5 Å². The average molecular weight is 323 g/mol. The van der Waals surface area contributed by atoms with Gasteiger partial charge in [0.15, 0.2) is 11.0 Å². The van der Waals surface area contributed by atoms with Gasteiger partial charge in [-0.2, -0.15) is 9.97 Å². The fourth-order valence-corrected chi connectivity index (χ4v) is 2.03. The number of anilines is 3. The Kier molecular flexibility index (Phi) is 5.45. The van der Waals surface area contributed by atoms with Crippen molar-refractivity contribution in [2.75, 3.05) is 23.5 Å². The number of halogens is 1. The summed E-state index contributed by atoms with van der Waals surface area (Å²) in [6.07, 6.45) is 0.489. The van der Waals surface area contributed by atoms with Crippen LogP contribution in [0.5, 0.6) is 0 Å². The van der Waals surface area contributed by atoms with Gasteiger partial charge in [-0.25, -0.2) is 0 Å². The Bertz CT molecular complexity index is 667. The highest BCUT2D eigenvalue weighted by Crippen LogP contribution is 2.27. The highest BCUT2D eigenvalue weighted by atomic mass is 35.5. The molecule has 0 unspecified atom stereocenters. The average Bonchev–Trinajstić information content (AvgIpc) is 2.49. The van der Waals surface area contributed by atoms with Gasteiger partial charge in [0.2, 0.25) is 12.4 Å². The Labute approximate surface area is 132 Å². The number of nitrogens with zero attached hydrogens (tertiary/aromatic N) is 3. The number of ether oxygens (including phenoxy) is 1. The molecule has 2 aromatic heterocycles. The van der Waals surface area contributed by atoms with E-state index in [0.717, 1.165) is 11.4 Å². The van der Waals surface area contributed by atoms with Crippen LogP contribution in [0.1, 0.15) is 11.4 Å². The fraction of sp³-hybridized carbons (Fsp3) is 0.231. The maximum absolute atomic E-state index is 10.6. The molecule has 0 aliphatic rings. The number of rotatable bonds is 7. The summed E-state index contributed by atoms with van der Waals surface area (Å²) in [6, 6.07) is 5.60. The zero-order valence-corrected chi connectivity index (χ0v) is 12.6. The summed E-state index contributed by atoms with van der Waals surface area (Å²) >= 11 is 5.94. The third-order valence-corrected chi connectivity index (χ3v) is 2.95. The monoisotopic (exact) mass is 322 g/mol. The normalized spacial score (nSPS) is 10.3. The molecular formula is C13H15ClN6O2. The minimum absolute atomic E-state index is 0.00467. The Balaban J connectivity index is 2.17. The first-order valence-corrected chi connectivity index (χ1v) is 6.72. The van der Waals surface area contributed by atoms with Crippen molar-refractivity contribution in [3.05, 3.63) is 34.7 Å². The third kappa shape index (κ3) is 4.03. The second-order valence-corrected chi connectivity index (χ2v) is 4.62. The Morgan fingerprint density at radius 2 is 2.09 bits per heavy atom. The number of hydrogen-bond donors (Lipinski definition) is 3. The van der Waals surface area contributed by atoms with Crippen molar-refractivity contribution in [2.24, 2.45) is 0 Å². The lowest BCUT2D eigenvalue weighted by atomic mass is 10.3. The molecule has 0 radical (unpaired) electrons. The van der Waals surface area contributed by atoms with Gasteiger partial charge in [-0.1, -0.05) is 17.7 Å². The summed E-state index contributed by atoms with van der Waals surface area (Å²) in [5.74, 6) is 0.327. The molecule has 9 heteroatoms. The van der Waals surface area contributed by atoms with Gasteiger partial charge in [0.1, 0.15) is 5.69 Å². The fourth-order valence-electron chi connectivity index (χ4n) is 1.79. The Hall–Kier alpha value is -2.45. The van der Waals surface area contributed by atoms with Gasteiger partial charge in [-0.05, 0) is 12.1 Å². The first-order chi connectivity index (χ1) is 10.6. The van der Waals surface area contributed by atoms with Gasteiger partial charge < -0.3 is 21.1 Å². The highest BCUT2D eigenvalue weighted by Gasteiger charge is 2.11. The number of carbonyl (C=O) groups excluding carboxylic acids is 1. The van der Waals surface area contributed by atoms with Gasteiger partial charge in [0, 0.05) is 7.11 Å². The van der Waals surface area contributed by atoms with Crippen LogP contribution < -0.4 is 16.4 Å². The van der Waals surface area contributed by atoms with E-state index in [-0.39, 0.29) is 16.8 Å². The maximum Gasteiger partial charge on any atom is 0.223 e. The van der Waals surface area contributed by atoms with E-state index in [0.29, 0.717) is 25.4 Å². The number of hydrogen-bond acceptors (Lipinski definition) is 7. The maximum atomic E-state index is 10.6. The van der Waals surface area contributed by atoms with Crippen molar-refractivity contribution < 1.29 is 9.53 Å². The molecule has 4 N–H and O–H groups in total. The van der Waals surface area contributed by atoms with Crippen molar-refractivity contribution in [3.8, 4) is 0 Å². The van der Waals surface area contributed by atoms with E-state index in [1.165, 1.54) is 0 Å². The van der Waals surface area contributed by atoms with Crippen LogP contribution in [0.2, 0.25) is 5.15 Å². The van der Waals surface area contributed by atoms with E-state index in [9.17, 15) is 4.79 Å². The molecule has 2 heterocycles. The minimum atomic E-state index is 0.00467. The topological polar surface area (TPSA) is 115 Å². The molecule has 1 amide bonds.